The average Bonchev–Trinajstić information content (AvgIpc) is 2.59. The van der Waals surface area contributed by atoms with Crippen molar-refractivity contribution >= 4 is 24.3 Å². The van der Waals surface area contributed by atoms with E-state index in [1.807, 2.05) is 0 Å². The first-order chi connectivity index (χ1) is 12.2. The van der Waals surface area contributed by atoms with Gasteiger partial charge in [-0.1, -0.05) is 25.7 Å². The molecule has 0 aliphatic carbocycles. The number of alkyl carbamates (subject to hydrolysis) is 2. The Morgan fingerprint density at radius 3 is 1.48 bits per heavy atom. The lowest BCUT2D eigenvalue weighted by molar-refractivity contribution is 0.150. The maximum Gasteiger partial charge on any atom is 0.416 e. The van der Waals surface area contributed by atoms with Gasteiger partial charge >= 0.3 is 12.2 Å². The number of nitrogens with zero attached hydrogens (tertiary/aromatic N) is 2. The van der Waals surface area contributed by atoms with Gasteiger partial charge in [-0.05, 0) is 25.7 Å². The van der Waals surface area contributed by atoms with Crippen LogP contribution in [0.5, 0.6) is 0 Å². The SMILES string of the molecule is O=C=NCCCCCCNC(=O)OC(=O)NCCCCCCN=C=O. The average molecular weight is 354 g/mol. The first kappa shape index (κ1) is 22.5. The Labute approximate surface area is 147 Å². The van der Waals surface area contributed by atoms with Crippen molar-refractivity contribution in [2.24, 2.45) is 9.98 Å². The topological polar surface area (TPSA) is 126 Å². The molecule has 0 aliphatic rings. The predicted octanol–water partition coefficient (Wildman–Crippen LogP) is 2.21. The summed E-state index contributed by atoms with van der Waals surface area (Å²) in [6.45, 7) is 1.80. The summed E-state index contributed by atoms with van der Waals surface area (Å²) in [7, 11) is 0. The zero-order chi connectivity index (χ0) is 18.6. The van der Waals surface area contributed by atoms with E-state index in [4.69, 9.17) is 0 Å². The van der Waals surface area contributed by atoms with Crippen molar-refractivity contribution < 1.29 is 23.9 Å². The predicted molar refractivity (Wildman–Crippen MR) is 90.8 cm³/mol. The number of hydrogen-bond donors (Lipinski definition) is 2. The second-order valence-corrected chi connectivity index (χ2v) is 5.30. The molecule has 0 radical (unpaired) electrons. The van der Waals surface area contributed by atoms with Gasteiger partial charge in [0.1, 0.15) is 0 Å². The summed E-state index contributed by atoms with van der Waals surface area (Å²) in [5.74, 6) is 0. The molecule has 0 fully saturated rings. The van der Waals surface area contributed by atoms with Gasteiger partial charge in [0.05, 0.1) is 13.1 Å². The number of ether oxygens (including phenoxy) is 1. The van der Waals surface area contributed by atoms with Crippen molar-refractivity contribution in [1.29, 1.82) is 0 Å². The van der Waals surface area contributed by atoms with Gasteiger partial charge in [0.15, 0.2) is 0 Å². The Bertz CT molecular complexity index is 429. The van der Waals surface area contributed by atoms with E-state index in [9.17, 15) is 19.2 Å². The summed E-state index contributed by atoms with van der Waals surface area (Å²) in [6, 6.07) is 0. The van der Waals surface area contributed by atoms with Gasteiger partial charge < -0.3 is 15.4 Å². The van der Waals surface area contributed by atoms with E-state index in [1.165, 1.54) is 12.2 Å². The maximum absolute atomic E-state index is 11.4. The van der Waals surface area contributed by atoms with Crippen LogP contribution < -0.4 is 10.6 Å². The molecule has 25 heavy (non-hydrogen) atoms. The second kappa shape index (κ2) is 17.8. The van der Waals surface area contributed by atoms with Crippen LogP contribution in [0.2, 0.25) is 0 Å². The van der Waals surface area contributed by atoms with Crippen LogP contribution in [0.4, 0.5) is 9.59 Å². The highest BCUT2D eigenvalue weighted by Crippen LogP contribution is 2.00. The fourth-order valence-corrected chi connectivity index (χ4v) is 1.97. The summed E-state index contributed by atoms with van der Waals surface area (Å²) in [5, 5.41) is 4.99. The third-order valence-electron chi connectivity index (χ3n) is 3.25. The Balaban J connectivity index is 3.42. The van der Waals surface area contributed by atoms with Crippen molar-refractivity contribution in [2.75, 3.05) is 26.2 Å². The molecule has 0 heterocycles. The molecule has 0 bridgehead atoms. The molecule has 0 aromatic rings. The van der Waals surface area contributed by atoms with Crippen molar-refractivity contribution in [3.63, 3.8) is 0 Å². The standard InChI is InChI=1S/C16H26N4O5/c21-13-17-9-5-1-3-7-11-19-15(23)25-16(24)20-12-8-4-2-6-10-18-14-22/h1-12H2,(H,19,23)(H,20,24). The van der Waals surface area contributed by atoms with E-state index < -0.39 is 12.2 Å². The van der Waals surface area contributed by atoms with Crippen LogP contribution in [-0.2, 0) is 14.3 Å². The fourth-order valence-electron chi connectivity index (χ4n) is 1.97. The Kier molecular flexibility index (Phi) is 16.1. The Morgan fingerprint density at radius 1 is 0.680 bits per heavy atom. The van der Waals surface area contributed by atoms with Crippen LogP contribution in [0.1, 0.15) is 51.4 Å². The molecule has 0 saturated carbocycles. The van der Waals surface area contributed by atoms with Gasteiger partial charge in [0, 0.05) is 13.1 Å². The van der Waals surface area contributed by atoms with E-state index in [0.29, 0.717) is 26.2 Å². The van der Waals surface area contributed by atoms with Crippen molar-refractivity contribution in [2.45, 2.75) is 51.4 Å². The monoisotopic (exact) mass is 354 g/mol. The van der Waals surface area contributed by atoms with Gasteiger partial charge in [-0.15, -0.1) is 0 Å². The smallest absolute Gasteiger partial charge is 0.359 e. The quantitative estimate of drug-likeness (QED) is 0.214. The first-order valence-electron chi connectivity index (χ1n) is 8.51. The van der Waals surface area contributed by atoms with Crippen LogP contribution >= 0.6 is 0 Å². The number of carbonyl (C=O) groups excluding carboxylic acids is 4. The van der Waals surface area contributed by atoms with Crippen molar-refractivity contribution in [3.8, 4) is 0 Å². The zero-order valence-electron chi connectivity index (χ0n) is 14.4. The molecule has 0 aromatic carbocycles. The third-order valence-corrected chi connectivity index (χ3v) is 3.25. The molecular weight excluding hydrogens is 328 g/mol. The van der Waals surface area contributed by atoms with Crippen LogP contribution in [0, 0.1) is 0 Å². The molecule has 0 rings (SSSR count). The van der Waals surface area contributed by atoms with E-state index >= 15 is 0 Å². The van der Waals surface area contributed by atoms with E-state index in [1.54, 1.807) is 0 Å². The summed E-state index contributed by atoms with van der Waals surface area (Å²) >= 11 is 0. The highest BCUT2D eigenvalue weighted by atomic mass is 16.6. The molecule has 9 nitrogen and oxygen atoms in total. The Hall–Kier alpha value is -2.50. The first-order valence-corrected chi connectivity index (χ1v) is 8.51. The van der Waals surface area contributed by atoms with Crippen LogP contribution in [0.15, 0.2) is 9.98 Å². The molecule has 0 aliphatic heterocycles. The van der Waals surface area contributed by atoms with E-state index in [-0.39, 0.29) is 0 Å². The molecule has 9 heteroatoms. The summed E-state index contributed by atoms with van der Waals surface area (Å²) in [5.41, 5.74) is 0. The molecular formula is C16H26N4O5. The number of unbranched alkanes of at least 4 members (excludes halogenated alkanes) is 6. The van der Waals surface area contributed by atoms with Crippen LogP contribution in [0.3, 0.4) is 0 Å². The number of hydrogen-bond acceptors (Lipinski definition) is 7. The molecule has 0 saturated heterocycles. The Morgan fingerprint density at radius 2 is 1.08 bits per heavy atom. The van der Waals surface area contributed by atoms with Crippen molar-refractivity contribution in [1.82, 2.24) is 10.6 Å². The summed E-state index contributed by atoms with van der Waals surface area (Å²) < 4.78 is 4.55. The maximum atomic E-state index is 11.4. The minimum absolute atomic E-state index is 0.423. The normalized spacial score (nSPS) is 9.44. The molecule has 0 spiro atoms. The highest BCUT2D eigenvalue weighted by Gasteiger charge is 2.08. The van der Waals surface area contributed by atoms with Crippen molar-refractivity contribution in [3.05, 3.63) is 0 Å². The lowest BCUT2D eigenvalue weighted by Gasteiger charge is -2.07. The summed E-state index contributed by atoms with van der Waals surface area (Å²) in [6.07, 6.45) is 8.16. The zero-order valence-corrected chi connectivity index (χ0v) is 14.4. The molecule has 140 valence electrons. The minimum Gasteiger partial charge on any atom is -0.359 e. The number of carbonyl (C=O) groups is 2. The number of amides is 2. The molecule has 2 N–H and O–H groups in total. The van der Waals surface area contributed by atoms with Gasteiger partial charge in [-0.2, -0.15) is 0 Å². The van der Waals surface area contributed by atoms with E-state index in [2.05, 4.69) is 25.4 Å². The lowest BCUT2D eigenvalue weighted by atomic mass is 10.2. The molecule has 0 unspecified atom stereocenters. The lowest BCUT2D eigenvalue weighted by Crippen LogP contribution is -2.33. The molecule has 2 amide bonds. The van der Waals surface area contributed by atoms with Crippen LogP contribution in [-0.4, -0.2) is 50.5 Å². The third kappa shape index (κ3) is 17.7. The summed E-state index contributed by atoms with van der Waals surface area (Å²) in [4.78, 5) is 49.3. The minimum atomic E-state index is -0.769. The van der Waals surface area contributed by atoms with Gasteiger partial charge in [-0.3, -0.25) is 0 Å². The number of rotatable bonds is 14. The molecule has 0 atom stereocenters. The van der Waals surface area contributed by atoms with E-state index in [0.717, 1.165) is 51.4 Å². The molecule has 0 aromatic heterocycles. The van der Waals surface area contributed by atoms with Gasteiger partial charge in [0.25, 0.3) is 0 Å². The second-order valence-electron chi connectivity index (χ2n) is 5.30. The largest absolute Gasteiger partial charge is 0.416 e. The number of nitrogens with one attached hydrogen (secondary N) is 2. The number of isocyanates is 2. The fraction of sp³-hybridized carbons (Fsp3) is 0.750. The highest BCUT2D eigenvalue weighted by molar-refractivity contribution is 5.83. The number of aliphatic imine (C=N–C) groups is 2. The van der Waals surface area contributed by atoms with Gasteiger partial charge in [-0.25, -0.2) is 29.2 Å². The van der Waals surface area contributed by atoms with Crippen LogP contribution in [0.25, 0.3) is 0 Å². The van der Waals surface area contributed by atoms with Gasteiger partial charge in [0.2, 0.25) is 12.2 Å².